The molecule has 3 N–H and O–H groups in total. The van der Waals surface area contributed by atoms with Crippen LogP contribution >= 0.6 is 0 Å². The molecule has 0 spiro atoms. The van der Waals surface area contributed by atoms with Gasteiger partial charge in [0.15, 0.2) is 0 Å². The van der Waals surface area contributed by atoms with Gasteiger partial charge >= 0.3 is 5.97 Å². The third-order valence-corrected chi connectivity index (χ3v) is 3.73. The second-order valence-electron chi connectivity index (χ2n) is 5.02. The second kappa shape index (κ2) is 4.89. The van der Waals surface area contributed by atoms with E-state index >= 15 is 0 Å². The number of carboxylic acid groups (broad SMARTS) is 1. The fourth-order valence-corrected chi connectivity index (χ4v) is 2.67. The molecule has 1 aliphatic rings. The Morgan fingerprint density at radius 1 is 1.20 bits per heavy atom. The SMILES string of the molecule is Nc1cccc2c1CCN2Cc1ccc(C(=O)O)cc1. The summed E-state index contributed by atoms with van der Waals surface area (Å²) < 4.78 is 0. The number of nitrogens with zero attached hydrogens (tertiary/aromatic N) is 1. The summed E-state index contributed by atoms with van der Waals surface area (Å²) in [5, 5.41) is 8.90. The minimum absolute atomic E-state index is 0.319. The number of nitrogens with two attached hydrogens (primary N) is 1. The topological polar surface area (TPSA) is 66.6 Å². The van der Waals surface area contributed by atoms with Crippen molar-refractivity contribution in [3.8, 4) is 0 Å². The Bertz CT molecular complexity index is 650. The van der Waals surface area contributed by atoms with E-state index in [0.717, 1.165) is 30.8 Å². The molecule has 20 heavy (non-hydrogen) atoms. The zero-order chi connectivity index (χ0) is 14.1. The third-order valence-electron chi connectivity index (χ3n) is 3.73. The molecule has 102 valence electrons. The van der Waals surface area contributed by atoms with Crippen LogP contribution in [0.2, 0.25) is 0 Å². The van der Waals surface area contributed by atoms with Crippen LogP contribution in [0, 0.1) is 0 Å². The summed E-state index contributed by atoms with van der Waals surface area (Å²) in [6.07, 6.45) is 0.967. The van der Waals surface area contributed by atoms with E-state index in [1.807, 2.05) is 24.3 Å². The lowest BCUT2D eigenvalue weighted by molar-refractivity contribution is 0.0697. The minimum Gasteiger partial charge on any atom is -0.478 e. The van der Waals surface area contributed by atoms with Gasteiger partial charge in [-0.05, 0) is 36.2 Å². The number of fused-ring (bicyclic) bond motifs is 1. The van der Waals surface area contributed by atoms with Crippen molar-refractivity contribution < 1.29 is 9.90 Å². The molecule has 1 heterocycles. The van der Waals surface area contributed by atoms with Crippen LogP contribution in [-0.2, 0) is 13.0 Å². The molecule has 2 aromatic rings. The predicted octanol–water partition coefficient (Wildman–Crippen LogP) is 2.53. The van der Waals surface area contributed by atoms with Gasteiger partial charge in [-0.2, -0.15) is 0 Å². The van der Waals surface area contributed by atoms with Crippen LogP contribution in [0.4, 0.5) is 11.4 Å². The number of benzene rings is 2. The average molecular weight is 268 g/mol. The average Bonchev–Trinajstić information content (AvgIpc) is 2.84. The third kappa shape index (κ3) is 2.20. The number of hydrogen-bond acceptors (Lipinski definition) is 3. The molecule has 0 unspecified atom stereocenters. The van der Waals surface area contributed by atoms with Crippen LogP contribution in [0.3, 0.4) is 0 Å². The molecule has 4 nitrogen and oxygen atoms in total. The lowest BCUT2D eigenvalue weighted by Gasteiger charge is -2.19. The highest BCUT2D eigenvalue weighted by atomic mass is 16.4. The molecule has 0 amide bonds. The van der Waals surface area contributed by atoms with Gasteiger partial charge in [-0.3, -0.25) is 0 Å². The molecule has 0 saturated heterocycles. The summed E-state index contributed by atoms with van der Waals surface area (Å²) in [4.78, 5) is 13.1. The van der Waals surface area contributed by atoms with Crippen molar-refractivity contribution in [3.63, 3.8) is 0 Å². The van der Waals surface area contributed by atoms with Crippen molar-refractivity contribution in [2.45, 2.75) is 13.0 Å². The van der Waals surface area contributed by atoms with E-state index in [4.69, 9.17) is 10.8 Å². The van der Waals surface area contributed by atoms with Gasteiger partial charge < -0.3 is 15.7 Å². The molecule has 2 aromatic carbocycles. The van der Waals surface area contributed by atoms with Gasteiger partial charge in [0.1, 0.15) is 0 Å². The van der Waals surface area contributed by atoms with E-state index < -0.39 is 5.97 Å². The van der Waals surface area contributed by atoms with Crippen LogP contribution in [-0.4, -0.2) is 17.6 Å². The Morgan fingerprint density at radius 3 is 2.65 bits per heavy atom. The number of carboxylic acids is 1. The first kappa shape index (κ1) is 12.5. The van der Waals surface area contributed by atoms with Crippen molar-refractivity contribution in [1.82, 2.24) is 0 Å². The molecular weight excluding hydrogens is 252 g/mol. The van der Waals surface area contributed by atoms with Crippen molar-refractivity contribution >= 4 is 17.3 Å². The van der Waals surface area contributed by atoms with Gasteiger partial charge in [0, 0.05) is 30.0 Å². The molecular formula is C16H16N2O2. The van der Waals surface area contributed by atoms with Gasteiger partial charge in [0.05, 0.1) is 5.56 Å². The molecule has 0 aliphatic carbocycles. The standard InChI is InChI=1S/C16H16N2O2/c17-14-2-1-3-15-13(14)8-9-18(15)10-11-4-6-12(7-5-11)16(19)20/h1-7H,8-10,17H2,(H,19,20). The number of nitrogen functional groups attached to an aromatic ring is 1. The van der Waals surface area contributed by atoms with E-state index in [1.54, 1.807) is 12.1 Å². The van der Waals surface area contributed by atoms with Crippen LogP contribution < -0.4 is 10.6 Å². The normalized spacial score (nSPS) is 13.3. The Morgan fingerprint density at radius 2 is 1.95 bits per heavy atom. The van der Waals surface area contributed by atoms with Gasteiger partial charge in [-0.1, -0.05) is 18.2 Å². The summed E-state index contributed by atoms with van der Waals surface area (Å²) in [5.74, 6) is -0.893. The first-order valence-electron chi connectivity index (χ1n) is 6.59. The summed E-state index contributed by atoms with van der Waals surface area (Å²) in [7, 11) is 0. The molecule has 0 aromatic heterocycles. The smallest absolute Gasteiger partial charge is 0.335 e. The maximum Gasteiger partial charge on any atom is 0.335 e. The summed E-state index contributed by atoms with van der Waals surface area (Å²) in [6.45, 7) is 1.72. The van der Waals surface area contributed by atoms with Crippen molar-refractivity contribution in [2.24, 2.45) is 0 Å². The number of anilines is 2. The van der Waals surface area contributed by atoms with Gasteiger partial charge in [-0.15, -0.1) is 0 Å². The van der Waals surface area contributed by atoms with Crippen LogP contribution in [0.5, 0.6) is 0 Å². The zero-order valence-electron chi connectivity index (χ0n) is 11.0. The quantitative estimate of drug-likeness (QED) is 0.839. The van der Waals surface area contributed by atoms with Crippen molar-refractivity contribution in [3.05, 3.63) is 59.2 Å². The minimum atomic E-state index is -0.893. The molecule has 3 rings (SSSR count). The van der Waals surface area contributed by atoms with Gasteiger partial charge in [0.2, 0.25) is 0 Å². The van der Waals surface area contributed by atoms with Gasteiger partial charge in [0.25, 0.3) is 0 Å². The lowest BCUT2D eigenvalue weighted by atomic mass is 10.1. The first-order valence-corrected chi connectivity index (χ1v) is 6.59. The molecule has 4 heteroatoms. The predicted molar refractivity (Wildman–Crippen MR) is 79.0 cm³/mol. The number of aromatic carboxylic acids is 1. The van der Waals surface area contributed by atoms with E-state index in [1.165, 1.54) is 11.3 Å². The summed E-state index contributed by atoms with van der Waals surface area (Å²) in [6, 6.07) is 13.0. The fraction of sp³-hybridized carbons (Fsp3) is 0.188. The molecule has 1 aliphatic heterocycles. The van der Waals surface area contributed by atoms with E-state index in [9.17, 15) is 4.79 Å². The Labute approximate surface area is 117 Å². The van der Waals surface area contributed by atoms with E-state index in [2.05, 4.69) is 11.0 Å². The van der Waals surface area contributed by atoms with Crippen LogP contribution in [0.15, 0.2) is 42.5 Å². The molecule has 0 bridgehead atoms. The fourth-order valence-electron chi connectivity index (χ4n) is 2.67. The lowest BCUT2D eigenvalue weighted by Crippen LogP contribution is -2.19. The first-order chi connectivity index (χ1) is 9.65. The number of carbonyl (C=O) groups is 1. The molecule has 0 fully saturated rings. The Hall–Kier alpha value is -2.49. The van der Waals surface area contributed by atoms with E-state index in [0.29, 0.717) is 5.56 Å². The molecule has 0 saturated carbocycles. The van der Waals surface area contributed by atoms with Crippen molar-refractivity contribution in [1.29, 1.82) is 0 Å². The van der Waals surface area contributed by atoms with Crippen LogP contribution in [0.25, 0.3) is 0 Å². The highest BCUT2D eigenvalue weighted by Gasteiger charge is 2.20. The maximum absolute atomic E-state index is 10.8. The van der Waals surface area contributed by atoms with E-state index in [-0.39, 0.29) is 0 Å². The Kier molecular flexibility index (Phi) is 3.06. The summed E-state index contributed by atoms with van der Waals surface area (Å²) >= 11 is 0. The zero-order valence-corrected chi connectivity index (χ0v) is 11.0. The molecule has 0 atom stereocenters. The van der Waals surface area contributed by atoms with Gasteiger partial charge in [-0.25, -0.2) is 4.79 Å². The molecule has 0 radical (unpaired) electrons. The maximum atomic E-state index is 10.8. The van der Waals surface area contributed by atoms with Crippen molar-refractivity contribution in [2.75, 3.05) is 17.2 Å². The van der Waals surface area contributed by atoms with Crippen LogP contribution in [0.1, 0.15) is 21.5 Å². The number of hydrogen-bond donors (Lipinski definition) is 2. The highest BCUT2D eigenvalue weighted by molar-refractivity contribution is 5.87. The summed E-state index contributed by atoms with van der Waals surface area (Å²) in [5.41, 5.74) is 10.7. The Balaban J connectivity index is 1.80. The highest BCUT2D eigenvalue weighted by Crippen LogP contribution is 2.32. The monoisotopic (exact) mass is 268 g/mol. The largest absolute Gasteiger partial charge is 0.478 e. The second-order valence-corrected chi connectivity index (χ2v) is 5.02. The number of rotatable bonds is 3.